The molecule has 2 fully saturated rings. The first-order chi connectivity index (χ1) is 10.3. The second kappa shape index (κ2) is 11.0. The number of hydrogen-bond acceptors (Lipinski definition) is 3. The van der Waals surface area contributed by atoms with Crippen LogP contribution in [0.4, 0.5) is 0 Å². The van der Waals surface area contributed by atoms with Gasteiger partial charge in [0, 0.05) is 10.5 Å². The van der Waals surface area contributed by atoms with E-state index in [9.17, 15) is 4.79 Å². The van der Waals surface area contributed by atoms with Crippen molar-refractivity contribution in [3.8, 4) is 0 Å². The maximum atomic E-state index is 12.0. The molecule has 1 nitrogen and oxygen atoms in total. The van der Waals surface area contributed by atoms with Crippen molar-refractivity contribution in [3.63, 3.8) is 0 Å². The molecule has 3 heteroatoms. The first-order valence-electron chi connectivity index (χ1n) is 9.09. The maximum Gasteiger partial charge on any atom is 0.152 e. The van der Waals surface area contributed by atoms with Crippen LogP contribution in [0.1, 0.15) is 83.5 Å². The fourth-order valence-electron chi connectivity index (χ4n) is 3.44. The second-order valence-electron chi connectivity index (χ2n) is 6.74. The molecule has 0 radical (unpaired) electrons. The molecule has 2 aliphatic rings. The zero-order valence-electron chi connectivity index (χ0n) is 13.5. The normalized spacial score (nSPS) is 31.5. The smallest absolute Gasteiger partial charge is 0.152 e. The van der Waals surface area contributed by atoms with Gasteiger partial charge < -0.3 is 0 Å². The van der Waals surface area contributed by atoms with Crippen LogP contribution in [0.15, 0.2) is 0 Å². The van der Waals surface area contributed by atoms with Crippen LogP contribution in [0.3, 0.4) is 0 Å². The molecule has 0 spiro atoms. The van der Waals surface area contributed by atoms with E-state index in [0.29, 0.717) is 5.78 Å². The number of rotatable bonds is 0. The van der Waals surface area contributed by atoms with Crippen molar-refractivity contribution in [2.24, 2.45) is 0 Å². The van der Waals surface area contributed by atoms with E-state index in [2.05, 4.69) is 0 Å². The van der Waals surface area contributed by atoms with Gasteiger partial charge in [0.05, 0.1) is 11.5 Å². The van der Waals surface area contributed by atoms with Crippen LogP contribution in [0.25, 0.3) is 0 Å². The summed E-state index contributed by atoms with van der Waals surface area (Å²) in [6.07, 6.45) is 18.1. The van der Waals surface area contributed by atoms with Crippen LogP contribution in [-0.4, -0.2) is 27.8 Å². The SMILES string of the molecule is O=C1CSC2CCCCCCCCCCCC(CC2)SC1. The van der Waals surface area contributed by atoms with Crippen molar-refractivity contribution in [3.05, 3.63) is 0 Å². The molecule has 0 N–H and O–H groups in total. The standard InChI is InChI=1S/C18H32OS2/c19-16-14-20-17-10-8-6-4-2-1-3-5-7-9-11-18(13-12-17)21-15-16/h17-18H,1-15H2. The van der Waals surface area contributed by atoms with Gasteiger partial charge in [0.15, 0.2) is 5.78 Å². The lowest BCUT2D eigenvalue weighted by Gasteiger charge is -2.18. The minimum Gasteiger partial charge on any atom is -0.298 e. The van der Waals surface area contributed by atoms with Gasteiger partial charge >= 0.3 is 0 Å². The van der Waals surface area contributed by atoms with E-state index in [0.717, 1.165) is 22.0 Å². The van der Waals surface area contributed by atoms with Gasteiger partial charge in [0.2, 0.25) is 0 Å². The fourth-order valence-corrected chi connectivity index (χ4v) is 5.89. The van der Waals surface area contributed by atoms with E-state index >= 15 is 0 Å². The van der Waals surface area contributed by atoms with E-state index in [1.807, 2.05) is 23.5 Å². The molecule has 0 aromatic rings. The molecule has 1 aliphatic carbocycles. The molecule has 1 aliphatic heterocycles. The van der Waals surface area contributed by atoms with Crippen molar-refractivity contribution in [2.75, 3.05) is 11.5 Å². The second-order valence-corrected chi connectivity index (χ2v) is 9.32. The highest BCUT2D eigenvalue weighted by molar-refractivity contribution is 8.02. The van der Waals surface area contributed by atoms with E-state index in [-0.39, 0.29) is 0 Å². The molecule has 0 aromatic carbocycles. The third-order valence-corrected chi connectivity index (χ3v) is 7.69. The third-order valence-electron chi connectivity index (χ3n) is 4.82. The summed E-state index contributed by atoms with van der Waals surface area (Å²) in [5.41, 5.74) is 0. The van der Waals surface area contributed by atoms with Crippen LogP contribution < -0.4 is 0 Å². The molecule has 2 bridgehead atoms. The third kappa shape index (κ3) is 7.97. The molecule has 0 aromatic heterocycles. The van der Waals surface area contributed by atoms with Gasteiger partial charge in [-0.1, -0.05) is 57.8 Å². The molecular weight excluding hydrogens is 296 g/mol. The topological polar surface area (TPSA) is 17.1 Å². The minimum atomic E-state index is 0.475. The number of carbonyl (C=O) groups is 1. The zero-order chi connectivity index (χ0) is 14.8. The summed E-state index contributed by atoms with van der Waals surface area (Å²) >= 11 is 3.92. The summed E-state index contributed by atoms with van der Waals surface area (Å²) in [4.78, 5) is 12.0. The van der Waals surface area contributed by atoms with Crippen LogP contribution in [0.5, 0.6) is 0 Å². The Balaban J connectivity index is 1.87. The zero-order valence-corrected chi connectivity index (χ0v) is 15.1. The predicted molar refractivity (Wildman–Crippen MR) is 97.5 cm³/mol. The number of carbonyl (C=O) groups excluding carboxylic acids is 1. The van der Waals surface area contributed by atoms with Crippen molar-refractivity contribution in [1.82, 2.24) is 0 Å². The largest absolute Gasteiger partial charge is 0.298 e. The summed E-state index contributed by atoms with van der Waals surface area (Å²) < 4.78 is 0. The van der Waals surface area contributed by atoms with E-state index < -0.39 is 0 Å². The molecule has 2 unspecified atom stereocenters. The van der Waals surface area contributed by atoms with Gasteiger partial charge in [-0.15, -0.1) is 0 Å². The Morgan fingerprint density at radius 1 is 0.571 bits per heavy atom. The summed E-state index contributed by atoms with van der Waals surface area (Å²) in [6, 6.07) is 0. The summed E-state index contributed by atoms with van der Waals surface area (Å²) in [5, 5.41) is 1.50. The lowest BCUT2D eigenvalue weighted by Crippen LogP contribution is -2.09. The summed E-state index contributed by atoms with van der Waals surface area (Å²) in [6.45, 7) is 0. The fraction of sp³-hybridized carbons (Fsp3) is 0.944. The van der Waals surface area contributed by atoms with Crippen LogP contribution in [-0.2, 0) is 4.79 Å². The average Bonchev–Trinajstić information content (AvgIpc) is 2.56. The van der Waals surface area contributed by atoms with Gasteiger partial charge in [0.25, 0.3) is 0 Å². The molecule has 0 amide bonds. The highest BCUT2D eigenvalue weighted by Crippen LogP contribution is 2.31. The molecule has 2 atom stereocenters. The Hall–Kier alpha value is 0.370. The molecular formula is C18H32OS2. The van der Waals surface area contributed by atoms with Gasteiger partial charge in [-0.25, -0.2) is 0 Å². The van der Waals surface area contributed by atoms with Crippen LogP contribution in [0.2, 0.25) is 0 Å². The molecule has 21 heavy (non-hydrogen) atoms. The molecule has 1 saturated heterocycles. The highest BCUT2D eigenvalue weighted by atomic mass is 32.2. The summed E-state index contributed by atoms with van der Waals surface area (Å²) in [5.74, 6) is 2.01. The quantitative estimate of drug-likeness (QED) is 0.554. The van der Waals surface area contributed by atoms with Crippen molar-refractivity contribution >= 4 is 29.3 Å². The van der Waals surface area contributed by atoms with E-state index in [1.54, 1.807) is 0 Å². The number of ketones is 1. The van der Waals surface area contributed by atoms with Gasteiger partial charge in [-0.05, 0) is 25.7 Å². The molecule has 2 rings (SSSR count). The van der Waals surface area contributed by atoms with Crippen molar-refractivity contribution < 1.29 is 4.79 Å². The number of thioether (sulfide) groups is 2. The summed E-state index contributed by atoms with van der Waals surface area (Å²) in [7, 11) is 0. The Labute approximate surface area is 139 Å². The Kier molecular flexibility index (Phi) is 9.27. The predicted octanol–water partition coefficient (Wildman–Crippen LogP) is 5.86. The van der Waals surface area contributed by atoms with Crippen molar-refractivity contribution in [2.45, 2.75) is 94.0 Å². The molecule has 122 valence electrons. The minimum absolute atomic E-state index is 0.475. The first kappa shape index (κ1) is 17.7. The lowest BCUT2D eigenvalue weighted by atomic mass is 10.0. The molecule has 1 saturated carbocycles. The first-order valence-corrected chi connectivity index (χ1v) is 11.2. The van der Waals surface area contributed by atoms with E-state index in [1.165, 1.54) is 83.5 Å². The Bertz CT molecular complexity index is 267. The van der Waals surface area contributed by atoms with Crippen LogP contribution >= 0.6 is 23.5 Å². The molecule has 1 heterocycles. The number of Topliss-reactive ketones (excluding diaryl/α,β-unsaturated/α-hetero) is 1. The lowest BCUT2D eigenvalue weighted by molar-refractivity contribution is -0.114. The van der Waals surface area contributed by atoms with Gasteiger partial charge in [-0.3, -0.25) is 4.79 Å². The van der Waals surface area contributed by atoms with Crippen LogP contribution in [0, 0.1) is 0 Å². The Morgan fingerprint density at radius 2 is 0.952 bits per heavy atom. The Morgan fingerprint density at radius 3 is 1.38 bits per heavy atom. The monoisotopic (exact) mass is 328 g/mol. The average molecular weight is 329 g/mol. The van der Waals surface area contributed by atoms with Gasteiger partial charge in [0.1, 0.15) is 0 Å². The van der Waals surface area contributed by atoms with Gasteiger partial charge in [-0.2, -0.15) is 23.5 Å². The van der Waals surface area contributed by atoms with Crippen molar-refractivity contribution in [1.29, 1.82) is 0 Å². The number of fused-ring (bicyclic) bond motifs is 3. The number of hydrogen-bond donors (Lipinski definition) is 0. The van der Waals surface area contributed by atoms with E-state index in [4.69, 9.17) is 0 Å². The maximum absolute atomic E-state index is 12.0. The highest BCUT2D eigenvalue weighted by Gasteiger charge is 2.19.